The van der Waals surface area contributed by atoms with Crippen LogP contribution in [0.25, 0.3) is 16.7 Å². The van der Waals surface area contributed by atoms with Crippen molar-refractivity contribution in [3.05, 3.63) is 105 Å². The van der Waals surface area contributed by atoms with Crippen molar-refractivity contribution in [2.24, 2.45) is 0 Å². The van der Waals surface area contributed by atoms with Gasteiger partial charge in [-0.1, -0.05) is 53.0 Å². The third-order valence-electron chi connectivity index (χ3n) is 5.94. The van der Waals surface area contributed by atoms with Gasteiger partial charge >= 0.3 is 0 Å². The molecule has 3 heterocycles. The Morgan fingerprint density at radius 1 is 1.03 bits per heavy atom. The molecule has 3 aromatic heterocycles. The minimum atomic E-state index is -4.04. The third kappa shape index (κ3) is 4.15. The van der Waals surface area contributed by atoms with Crippen LogP contribution in [0.3, 0.4) is 0 Å². The Morgan fingerprint density at radius 2 is 1.74 bits per heavy atom. The highest BCUT2D eigenvalue weighted by Crippen LogP contribution is 2.27. The van der Waals surface area contributed by atoms with Crippen molar-refractivity contribution in [1.82, 2.24) is 9.38 Å². The Morgan fingerprint density at radius 3 is 2.46 bits per heavy atom. The first-order valence-electron chi connectivity index (χ1n) is 11.0. The van der Waals surface area contributed by atoms with Gasteiger partial charge in [-0.15, -0.1) is 0 Å². The molecule has 5 aromatic rings. The average molecular weight is 506 g/mol. The molecule has 2 N–H and O–H groups in total. The first-order valence-corrected chi connectivity index (χ1v) is 12.8. The molecule has 0 atom stereocenters. The van der Waals surface area contributed by atoms with E-state index in [1.165, 1.54) is 34.7 Å². The average Bonchev–Trinajstić information content (AvgIpc) is 2.85. The molecule has 7 nitrogen and oxygen atoms in total. The number of aryl methyl sites for hydroxylation is 3. The molecule has 5 rings (SSSR count). The highest BCUT2D eigenvalue weighted by Gasteiger charge is 2.29. The molecule has 35 heavy (non-hydrogen) atoms. The summed E-state index contributed by atoms with van der Waals surface area (Å²) < 4.78 is 30.2. The van der Waals surface area contributed by atoms with Gasteiger partial charge < -0.3 is 5.73 Å². The molecule has 0 aliphatic heterocycles. The predicted octanol–water partition coefficient (Wildman–Crippen LogP) is 3.75. The maximum Gasteiger partial charge on any atom is 0.278 e. The van der Waals surface area contributed by atoms with E-state index in [0.717, 1.165) is 11.1 Å². The van der Waals surface area contributed by atoms with Crippen molar-refractivity contribution in [2.45, 2.75) is 29.7 Å². The largest absolute Gasteiger partial charge is 0.317 e. The van der Waals surface area contributed by atoms with Crippen molar-refractivity contribution in [3.63, 3.8) is 0 Å². The van der Waals surface area contributed by atoms with Gasteiger partial charge in [-0.05, 0) is 54.4 Å². The van der Waals surface area contributed by atoms with Crippen molar-refractivity contribution in [2.75, 3.05) is 5.73 Å². The summed E-state index contributed by atoms with van der Waals surface area (Å²) in [7, 11) is -4.04. The number of sulfone groups is 1. The Balaban J connectivity index is 1.80. The van der Waals surface area contributed by atoms with Gasteiger partial charge in [0.05, 0.1) is 11.4 Å². The highest BCUT2D eigenvalue weighted by atomic mass is 35.5. The molecule has 176 valence electrons. The van der Waals surface area contributed by atoms with E-state index in [4.69, 9.17) is 22.3 Å². The molecule has 0 radical (unpaired) electrons. The van der Waals surface area contributed by atoms with E-state index in [0.29, 0.717) is 29.3 Å². The van der Waals surface area contributed by atoms with E-state index in [9.17, 15) is 13.2 Å². The monoisotopic (exact) mass is 505 g/mol. The summed E-state index contributed by atoms with van der Waals surface area (Å²) in [5, 5.41) is 0.584. The van der Waals surface area contributed by atoms with Crippen LogP contribution in [-0.4, -0.2) is 17.8 Å². The van der Waals surface area contributed by atoms with Crippen LogP contribution in [-0.2, 0) is 22.8 Å². The number of rotatable bonds is 5. The number of hydrogen-bond acceptors (Lipinski definition) is 5. The summed E-state index contributed by atoms with van der Waals surface area (Å²) in [5.74, 6) is 0.0201. The van der Waals surface area contributed by atoms with E-state index in [2.05, 4.69) is 0 Å². The Labute approximate surface area is 207 Å². The zero-order chi connectivity index (χ0) is 24.7. The number of nitrogens with zero attached hydrogens (tertiary/aromatic N) is 3. The molecular weight excluding hydrogens is 484 g/mol. The van der Waals surface area contributed by atoms with Crippen LogP contribution >= 0.6 is 11.6 Å². The number of hydrogen-bond donors (Lipinski definition) is 1. The number of aromatic nitrogens is 3. The second kappa shape index (κ2) is 8.79. The van der Waals surface area contributed by atoms with Crippen molar-refractivity contribution in [1.29, 1.82) is 0 Å². The number of halogens is 1. The first-order chi connectivity index (χ1) is 16.8. The van der Waals surface area contributed by atoms with Gasteiger partial charge in [0.25, 0.3) is 11.2 Å². The minimum absolute atomic E-state index is 0.0201. The van der Waals surface area contributed by atoms with Gasteiger partial charge in [0.15, 0.2) is 0 Å². The summed E-state index contributed by atoms with van der Waals surface area (Å²) in [6, 6.07) is 20.6. The van der Waals surface area contributed by atoms with E-state index in [1.54, 1.807) is 16.8 Å². The van der Waals surface area contributed by atoms with Crippen LogP contribution in [0.4, 0.5) is 5.82 Å². The molecule has 0 amide bonds. The molecule has 9 heteroatoms. The van der Waals surface area contributed by atoms with Gasteiger partial charge in [0.1, 0.15) is 10.3 Å². The van der Waals surface area contributed by atoms with Gasteiger partial charge in [-0.25, -0.2) is 13.0 Å². The van der Waals surface area contributed by atoms with Crippen molar-refractivity contribution in [3.8, 4) is 0 Å². The maximum atomic E-state index is 13.6. The first kappa shape index (κ1) is 23.0. The molecule has 0 saturated carbocycles. The minimum Gasteiger partial charge on any atom is -0.317 e. The van der Waals surface area contributed by atoms with Crippen LogP contribution in [0, 0.1) is 6.92 Å². The number of fused-ring (bicyclic) bond motifs is 2. The van der Waals surface area contributed by atoms with E-state index in [-0.39, 0.29) is 26.6 Å². The van der Waals surface area contributed by atoms with Crippen LogP contribution in [0.5, 0.6) is 0 Å². The van der Waals surface area contributed by atoms with Gasteiger partial charge in [-0.2, -0.15) is 0 Å². The lowest BCUT2D eigenvalue weighted by Gasteiger charge is -2.13. The quantitative estimate of drug-likeness (QED) is 0.290. The van der Waals surface area contributed by atoms with Crippen molar-refractivity contribution < 1.29 is 13.0 Å². The molecule has 2 aromatic carbocycles. The zero-order valence-electron chi connectivity index (χ0n) is 18.8. The second-order valence-corrected chi connectivity index (χ2v) is 10.7. The number of benzene rings is 2. The van der Waals surface area contributed by atoms with Crippen LogP contribution in [0.2, 0.25) is 5.02 Å². The lowest BCUT2D eigenvalue weighted by atomic mass is 10.1. The molecular formula is C26H22ClN4O3S+. The molecule has 0 spiro atoms. The fourth-order valence-corrected chi connectivity index (χ4v) is 5.63. The molecule has 0 unspecified atom stereocenters. The number of anilines is 1. The number of nitrogens with two attached hydrogens (primary N) is 1. The lowest BCUT2D eigenvalue weighted by Crippen LogP contribution is -2.42. The lowest BCUT2D eigenvalue weighted by molar-refractivity contribution is -0.659. The summed E-state index contributed by atoms with van der Waals surface area (Å²) in [6.45, 7) is 2.21. The molecule has 0 fully saturated rings. The third-order valence-corrected chi connectivity index (χ3v) is 7.99. The number of nitrogen functional groups attached to an aromatic ring is 1. The topological polar surface area (TPSA) is 98.4 Å². The molecule has 0 bridgehead atoms. The van der Waals surface area contributed by atoms with Crippen LogP contribution < -0.4 is 15.9 Å². The molecule has 0 saturated heterocycles. The maximum absolute atomic E-state index is 13.6. The fraction of sp³-hybridized carbons (Fsp3) is 0.115. The fourth-order valence-electron chi connectivity index (χ4n) is 4.10. The zero-order valence-corrected chi connectivity index (χ0v) is 20.4. The number of pyridine rings is 2. The van der Waals surface area contributed by atoms with Gasteiger partial charge in [0.2, 0.25) is 21.3 Å². The summed E-state index contributed by atoms with van der Waals surface area (Å²) in [5.41, 5.74) is 8.84. The van der Waals surface area contributed by atoms with Crippen molar-refractivity contribution >= 4 is 43.9 Å². The molecule has 0 aliphatic rings. The summed E-state index contributed by atoms with van der Waals surface area (Å²) >= 11 is 5.95. The molecule has 0 aliphatic carbocycles. The smallest absolute Gasteiger partial charge is 0.278 e. The standard InChI is InChI=1S/C26H21ClN4O3S/c1-17-7-12-23-29-25-21(26(32)31(23)16-17)15-22(35(33,34)20-10-8-19(27)9-11-20)24(28)30(25)14-13-18-5-3-2-4-6-18/h2-12,15-16,28H,13-14H2,1H3/p+1. The van der Waals surface area contributed by atoms with E-state index in [1.807, 2.05) is 43.3 Å². The Hall–Kier alpha value is -3.75. The second-order valence-electron chi connectivity index (χ2n) is 8.33. The van der Waals surface area contributed by atoms with Gasteiger partial charge in [0, 0.05) is 17.6 Å². The highest BCUT2D eigenvalue weighted by molar-refractivity contribution is 7.91. The van der Waals surface area contributed by atoms with Crippen LogP contribution in [0.1, 0.15) is 11.1 Å². The van der Waals surface area contributed by atoms with E-state index < -0.39 is 9.84 Å². The SMILES string of the molecule is Cc1ccc2nc3c(cc(S(=O)(=O)c4ccc(Cl)cc4)c(N)[n+]3CCc3ccccc3)c(=O)n2c1. The normalized spacial score (nSPS) is 11.8. The van der Waals surface area contributed by atoms with Crippen LogP contribution in [0.15, 0.2) is 93.6 Å². The summed E-state index contributed by atoms with van der Waals surface area (Å²) in [6.07, 6.45) is 2.26. The van der Waals surface area contributed by atoms with Gasteiger partial charge in [-0.3, -0.25) is 9.20 Å². The summed E-state index contributed by atoms with van der Waals surface area (Å²) in [4.78, 5) is 18.1. The Kier molecular flexibility index (Phi) is 5.78. The Bertz CT molecular complexity index is 1750. The predicted molar refractivity (Wildman–Crippen MR) is 135 cm³/mol. The van der Waals surface area contributed by atoms with E-state index >= 15 is 0 Å².